The molecule has 200 valence electrons. The molecule has 3 aliphatic carbocycles. The first kappa shape index (κ1) is 29.0. The Hall–Kier alpha value is -0.603. The summed E-state index contributed by atoms with van der Waals surface area (Å²) in [6.45, 7) is 26.2. The van der Waals surface area contributed by atoms with Gasteiger partial charge in [-0.3, -0.25) is 0 Å². The van der Waals surface area contributed by atoms with Gasteiger partial charge in [-0.25, -0.2) is 0 Å². The standard InChI is InChI=1S/C33H58OSi/c1-24(2)13-11-14-26(4)30-20-21-31-27(15-12-22-33(30,31)8)17-18-28-23-29(19-16-25(28)3)34-35(9,10)32(5,6)7/h17-18,24,26,29-31H,3,11-16,19-23H2,1-2,4-10H3/b27-17+,28-18-/t26-,29+,30?,31?,33-/m1/s1. The highest BCUT2D eigenvalue weighted by atomic mass is 28.4. The van der Waals surface area contributed by atoms with E-state index in [1.165, 1.54) is 62.5 Å². The van der Waals surface area contributed by atoms with E-state index in [9.17, 15) is 0 Å². The van der Waals surface area contributed by atoms with Crippen molar-refractivity contribution in [3.63, 3.8) is 0 Å². The molecule has 3 aliphatic rings. The average Bonchev–Trinajstić information content (AvgIpc) is 3.10. The fourth-order valence-electron chi connectivity index (χ4n) is 7.34. The van der Waals surface area contributed by atoms with E-state index < -0.39 is 8.32 Å². The van der Waals surface area contributed by atoms with Crippen LogP contribution in [0.5, 0.6) is 0 Å². The van der Waals surface area contributed by atoms with Gasteiger partial charge < -0.3 is 4.43 Å². The van der Waals surface area contributed by atoms with Crippen molar-refractivity contribution in [2.75, 3.05) is 0 Å². The minimum atomic E-state index is -1.73. The second-order valence-corrected chi connectivity index (χ2v) is 19.4. The number of rotatable bonds is 8. The maximum Gasteiger partial charge on any atom is 0.192 e. The average molecular weight is 499 g/mol. The van der Waals surface area contributed by atoms with Crippen LogP contribution in [-0.2, 0) is 4.43 Å². The highest BCUT2D eigenvalue weighted by molar-refractivity contribution is 6.74. The normalized spacial score (nSPS) is 33.5. The Morgan fingerprint density at radius 2 is 1.77 bits per heavy atom. The molecule has 0 spiro atoms. The van der Waals surface area contributed by atoms with Crippen LogP contribution < -0.4 is 0 Å². The van der Waals surface area contributed by atoms with Gasteiger partial charge in [0, 0.05) is 6.10 Å². The van der Waals surface area contributed by atoms with Crippen molar-refractivity contribution in [1.82, 2.24) is 0 Å². The first-order valence-electron chi connectivity index (χ1n) is 15.0. The van der Waals surface area contributed by atoms with Gasteiger partial charge in [0.1, 0.15) is 0 Å². The Labute approximate surface area is 220 Å². The van der Waals surface area contributed by atoms with Crippen LogP contribution in [-0.4, -0.2) is 14.4 Å². The zero-order valence-corrected chi connectivity index (χ0v) is 25.9. The molecule has 3 saturated carbocycles. The van der Waals surface area contributed by atoms with Crippen LogP contribution in [0.2, 0.25) is 18.1 Å². The van der Waals surface area contributed by atoms with E-state index in [4.69, 9.17) is 4.43 Å². The molecular formula is C33H58OSi. The van der Waals surface area contributed by atoms with Crippen LogP contribution in [0.25, 0.3) is 0 Å². The second kappa shape index (κ2) is 11.4. The molecule has 0 aromatic heterocycles. The van der Waals surface area contributed by atoms with Crippen LogP contribution >= 0.6 is 0 Å². The molecule has 3 rings (SSSR count). The van der Waals surface area contributed by atoms with Gasteiger partial charge in [-0.15, -0.1) is 0 Å². The van der Waals surface area contributed by atoms with Crippen molar-refractivity contribution in [2.24, 2.45) is 29.1 Å². The largest absolute Gasteiger partial charge is 0.414 e. The molecule has 0 aromatic rings. The van der Waals surface area contributed by atoms with E-state index in [2.05, 4.69) is 80.3 Å². The summed E-state index contributed by atoms with van der Waals surface area (Å²) in [5, 5.41) is 0.269. The lowest BCUT2D eigenvalue weighted by Gasteiger charge is -2.44. The molecule has 3 fully saturated rings. The van der Waals surface area contributed by atoms with Gasteiger partial charge in [0.25, 0.3) is 0 Å². The lowest BCUT2D eigenvalue weighted by Crippen LogP contribution is -2.44. The molecule has 5 atom stereocenters. The van der Waals surface area contributed by atoms with Crippen molar-refractivity contribution < 1.29 is 4.43 Å². The predicted molar refractivity (Wildman–Crippen MR) is 157 cm³/mol. The summed E-state index contributed by atoms with van der Waals surface area (Å²) < 4.78 is 6.82. The molecule has 35 heavy (non-hydrogen) atoms. The number of fused-ring (bicyclic) bond motifs is 1. The number of hydrogen-bond acceptors (Lipinski definition) is 1. The quantitative estimate of drug-likeness (QED) is 0.302. The second-order valence-electron chi connectivity index (χ2n) is 14.7. The van der Waals surface area contributed by atoms with Crippen LogP contribution in [0.15, 0.2) is 35.5 Å². The summed E-state index contributed by atoms with van der Waals surface area (Å²) in [4.78, 5) is 0. The fraction of sp³-hybridized carbons (Fsp3) is 0.818. The molecule has 0 N–H and O–H groups in total. The molecule has 0 aromatic carbocycles. The third-order valence-corrected chi connectivity index (χ3v) is 15.1. The van der Waals surface area contributed by atoms with Gasteiger partial charge in [-0.1, -0.05) is 97.6 Å². The summed E-state index contributed by atoms with van der Waals surface area (Å²) in [6.07, 6.45) is 19.8. The molecule has 0 aliphatic heterocycles. The molecule has 2 heteroatoms. The molecule has 0 heterocycles. The molecule has 0 amide bonds. The van der Waals surface area contributed by atoms with Crippen molar-refractivity contribution in [3.05, 3.63) is 35.5 Å². The first-order valence-corrected chi connectivity index (χ1v) is 17.9. The Balaban J connectivity index is 1.70. The maximum atomic E-state index is 6.82. The van der Waals surface area contributed by atoms with Crippen molar-refractivity contribution in [2.45, 2.75) is 143 Å². The third kappa shape index (κ3) is 6.84. The number of hydrogen-bond donors (Lipinski definition) is 0. The predicted octanol–water partition coefficient (Wildman–Crippen LogP) is 10.6. The van der Waals surface area contributed by atoms with E-state index in [-0.39, 0.29) is 5.04 Å². The zero-order chi connectivity index (χ0) is 26.0. The Bertz CT molecular complexity index is 794. The highest BCUT2D eigenvalue weighted by Gasteiger charge is 2.50. The van der Waals surface area contributed by atoms with Gasteiger partial charge >= 0.3 is 0 Å². The number of allylic oxidation sites excluding steroid dienone is 4. The Kier molecular flexibility index (Phi) is 9.45. The molecule has 2 unspecified atom stereocenters. The lowest BCUT2D eigenvalue weighted by molar-refractivity contribution is 0.0929. The highest BCUT2D eigenvalue weighted by Crippen LogP contribution is 2.60. The van der Waals surface area contributed by atoms with Crippen LogP contribution in [0.4, 0.5) is 0 Å². The topological polar surface area (TPSA) is 9.23 Å². The van der Waals surface area contributed by atoms with Crippen molar-refractivity contribution in [1.29, 1.82) is 0 Å². The summed E-state index contributed by atoms with van der Waals surface area (Å²) in [6, 6.07) is 0. The maximum absolute atomic E-state index is 6.82. The zero-order valence-electron chi connectivity index (χ0n) is 24.9. The van der Waals surface area contributed by atoms with Crippen LogP contribution in [0, 0.1) is 29.1 Å². The monoisotopic (exact) mass is 498 g/mol. The van der Waals surface area contributed by atoms with Crippen molar-refractivity contribution >= 4 is 8.32 Å². The first-order chi connectivity index (χ1) is 16.2. The van der Waals surface area contributed by atoms with E-state index in [1.54, 1.807) is 5.57 Å². The van der Waals surface area contributed by atoms with Crippen LogP contribution in [0.1, 0.15) is 119 Å². The van der Waals surface area contributed by atoms with E-state index >= 15 is 0 Å². The van der Waals surface area contributed by atoms with Crippen molar-refractivity contribution in [3.8, 4) is 0 Å². The van der Waals surface area contributed by atoms with Gasteiger partial charge in [-0.2, -0.15) is 0 Å². The molecule has 0 bridgehead atoms. The molecule has 1 nitrogen and oxygen atoms in total. The SMILES string of the molecule is C=C1CC[C@H](O[Si](C)(C)C(C)(C)C)C/C1=C/C=C1\CCC[C@@]2(C)C1CCC2[C@H](C)CCCC(C)C. The summed E-state index contributed by atoms with van der Waals surface area (Å²) >= 11 is 0. The minimum Gasteiger partial charge on any atom is -0.414 e. The Morgan fingerprint density at radius 1 is 1.06 bits per heavy atom. The molecular weight excluding hydrogens is 440 g/mol. The van der Waals surface area contributed by atoms with E-state index in [0.29, 0.717) is 11.5 Å². The third-order valence-electron chi connectivity index (χ3n) is 10.6. The molecule has 0 saturated heterocycles. The van der Waals surface area contributed by atoms with E-state index in [1.807, 2.05) is 0 Å². The minimum absolute atomic E-state index is 0.269. The summed E-state index contributed by atoms with van der Waals surface area (Å²) in [5.74, 6) is 3.41. The van der Waals surface area contributed by atoms with E-state index in [0.717, 1.165) is 42.9 Å². The lowest BCUT2D eigenvalue weighted by atomic mass is 9.60. The van der Waals surface area contributed by atoms with Crippen LogP contribution in [0.3, 0.4) is 0 Å². The van der Waals surface area contributed by atoms with Gasteiger partial charge in [0.15, 0.2) is 8.32 Å². The summed E-state index contributed by atoms with van der Waals surface area (Å²) in [5.41, 5.74) is 5.05. The van der Waals surface area contributed by atoms with Gasteiger partial charge in [-0.05, 0) is 104 Å². The fourth-order valence-corrected chi connectivity index (χ4v) is 8.73. The summed E-state index contributed by atoms with van der Waals surface area (Å²) in [7, 11) is -1.73. The molecule has 0 radical (unpaired) electrons. The van der Waals surface area contributed by atoms with Gasteiger partial charge in [0.05, 0.1) is 0 Å². The smallest absolute Gasteiger partial charge is 0.192 e. The van der Waals surface area contributed by atoms with Gasteiger partial charge in [0.2, 0.25) is 0 Å². The Morgan fingerprint density at radius 3 is 2.43 bits per heavy atom.